The average molecular weight is 425 g/mol. The van der Waals surface area contributed by atoms with E-state index >= 15 is 0 Å². The Kier molecular flexibility index (Phi) is 3.77. The van der Waals surface area contributed by atoms with Crippen molar-refractivity contribution in [2.24, 2.45) is 11.8 Å². The lowest BCUT2D eigenvalue weighted by Crippen LogP contribution is -2.55. The van der Waals surface area contributed by atoms with Gasteiger partial charge in [-0.1, -0.05) is 48.5 Å². The second-order valence-corrected chi connectivity index (χ2v) is 8.65. The Hall–Kier alpha value is -3.77. The van der Waals surface area contributed by atoms with E-state index in [1.807, 2.05) is 48.5 Å². The normalized spacial score (nSPS) is 27.2. The standard InChI is InChI=1S/C26H19NO5/c28-13-26-18-7-3-1-5-16(18)20(17-6-2-4-8-19(17)26)21-22(26)24(30)27(23(21)29)15-11-9-14(10-12-15)25(31)32/h1-12,20-22,28H,13H2,(H,31,32). The summed E-state index contributed by atoms with van der Waals surface area (Å²) in [5.41, 5.74) is 3.18. The van der Waals surface area contributed by atoms with Gasteiger partial charge in [0.25, 0.3) is 0 Å². The van der Waals surface area contributed by atoms with Crippen molar-refractivity contribution in [3.8, 4) is 0 Å². The van der Waals surface area contributed by atoms with Gasteiger partial charge in [0.05, 0.1) is 35.1 Å². The van der Waals surface area contributed by atoms with Crippen LogP contribution in [0, 0.1) is 11.8 Å². The second-order valence-electron chi connectivity index (χ2n) is 8.65. The molecule has 2 bridgehead atoms. The number of carbonyl (C=O) groups is 3. The Morgan fingerprint density at radius 2 is 1.41 bits per heavy atom. The highest BCUT2D eigenvalue weighted by Crippen LogP contribution is 2.64. The second kappa shape index (κ2) is 6.37. The summed E-state index contributed by atoms with van der Waals surface area (Å²) < 4.78 is 0. The van der Waals surface area contributed by atoms with Crippen LogP contribution in [-0.2, 0) is 15.0 Å². The fourth-order valence-corrected chi connectivity index (χ4v) is 6.21. The predicted molar refractivity (Wildman–Crippen MR) is 115 cm³/mol. The van der Waals surface area contributed by atoms with E-state index in [0.717, 1.165) is 22.3 Å². The van der Waals surface area contributed by atoms with Crippen LogP contribution in [0.15, 0.2) is 72.8 Å². The van der Waals surface area contributed by atoms with Gasteiger partial charge in [0.1, 0.15) is 0 Å². The highest BCUT2D eigenvalue weighted by Gasteiger charge is 2.68. The van der Waals surface area contributed by atoms with Crippen LogP contribution in [0.5, 0.6) is 0 Å². The summed E-state index contributed by atoms with van der Waals surface area (Å²) >= 11 is 0. The minimum Gasteiger partial charge on any atom is -0.478 e. The molecule has 4 aliphatic rings. The molecule has 1 heterocycles. The van der Waals surface area contributed by atoms with Crippen molar-refractivity contribution in [1.82, 2.24) is 0 Å². The fourth-order valence-electron chi connectivity index (χ4n) is 6.21. The predicted octanol–water partition coefficient (Wildman–Crippen LogP) is 2.93. The Labute approximate surface area is 183 Å². The number of aliphatic hydroxyl groups excluding tert-OH is 1. The van der Waals surface area contributed by atoms with Crippen molar-refractivity contribution in [3.05, 3.63) is 101 Å². The average Bonchev–Trinajstić information content (AvgIpc) is 3.10. The highest BCUT2D eigenvalue weighted by atomic mass is 16.4. The van der Waals surface area contributed by atoms with Crippen LogP contribution in [-0.4, -0.2) is 34.6 Å². The van der Waals surface area contributed by atoms with E-state index < -0.39 is 23.2 Å². The van der Waals surface area contributed by atoms with Crippen molar-refractivity contribution in [1.29, 1.82) is 0 Å². The maximum atomic E-state index is 13.8. The molecule has 6 heteroatoms. The monoisotopic (exact) mass is 425 g/mol. The van der Waals surface area contributed by atoms with Gasteiger partial charge in [0.2, 0.25) is 11.8 Å². The summed E-state index contributed by atoms with van der Waals surface area (Å²) in [5.74, 6) is -3.37. The van der Waals surface area contributed by atoms with Crippen LogP contribution < -0.4 is 4.90 Å². The van der Waals surface area contributed by atoms with Gasteiger partial charge in [-0.15, -0.1) is 0 Å². The highest BCUT2D eigenvalue weighted by molar-refractivity contribution is 6.23. The summed E-state index contributed by atoms with van der Waals surface area (Å²) in [6.45, 7) is -0.292. The summed E-state index contributed by atoms with van der Waals surface area (Å²) in [7, 11) is 0. The largest absolute Gasteiger partial charge is 0.478 e. The molecule has 1 saturated heterocycles. The van der Waals surface area contributed by atoms with Crippen molar-refractivity contribution in [2.45, 2.75) is 11.3 Å². The summed E-state index contributed by atoms with van der Waals surface area (Å²) in [6.07, 6.45) is 0. The molecule has 6 nitrogen and oxygen atoms in total. The molecule has 1 fully saturated rings. The minimum absolute atomic E-state index is 0.0805. The zero-order valence-electron chi connectivity index (χ0n) is 16.9. The molecule has 3 aliphatic carbocycles. The first kappa shape index (κ1) is 19.0. The lowest BCUT2D eigenvalue weighted by atomic mass is 9.47. The van der Waals surface area contributed by atoms with E-state index in [9.17, 15) is 24.6 Å². The number of anilines is 1. The van der Waals surface area contributed by atoms with E-state index in [1.54, 1.807) is 0 Å². The molecule has 2 atom stereocenters. The first-order valence-electron chi connectivity index (χ1n) is 10.5. The van der Waals surface area contributed by atoms with E-state index in [0.29, 0.717) is 5.69 Å². The Morgan fingerprint density at radius 3 is 1.94 bits per heavy atom. The van der Waals surface area contributed by atoms with Crippen LogP contribution in [0.3, 0.4) is 0 Å². The van der Waals surface area contributed by atoms with E-state index in [-0.39, 0.29) is 29.9 Å². The molecule has 0 radical (unpaired) electrons. The van der Waals surface area contributed by atoms with Crippen LogP contribution in [0.2, 0.25) is 0 Å². The number of aromatic carboxylic acids is 1. The molecule has 3 aromatic carbocycles. The van der Waals surface area contributed by atoms with Gasteiger partial charge in [-0.2, -0.15) is 0 Å². The molecule has 0 aromatic heterocycles. The number of nitrogens with zero attached hydrogens (tertiary/aromatic N) is 1. The first-order valence-corrected chi connectivity index (χ1v) is 10.5. The van der Waals surface area contributed by atoms with Crippen molar-refractivity contribution < 1.29 is 24.6 Å². The molecular weight excluding hydrogens is 406 g/mol. The molecule has 7 rings (SSSR count). The molecule has 2 amide bonds. The summed E-state index contributed by atoms with van der Waals surface area (Å²) in [4.78, 5) is 40.0. The van der Waals surface area contributed by atoms with Gasteiger partial charge < -0.3 is 10.2 Å². The van der Waals surface area contributed by atoms with Crippen molar-refractivity contribution in [2.75, 3.05) is 11.5 Å². The number of carboxylic acids is 1. The third-order valence-corrected chi connectivity index (χ3v) is 7.42. The SMILES string of the molecule is O=C(O)c1ccc(N2C(=O)C3C4c5ccccc5C(CO)(c5ccccc54)C3C2=O)cc1. The number of hydrogen-bond acceptors (Lipinski definition) is 4. The Balaban J connectivity index is 1.58. The minimum atomic E-state index is -1.08. The molecule has 3 aromatic rings. The smallest absolute Gasteiger partial charge is 0.335 e. The molecule has 2 unspecified atom stereocenters. The Morgan fingerprint density at radius 1 is 0.844 bits per heavy atom. The third kappa shape index (κ3) is 2.10. The van der Waals surface area contributed by atoms with Gasteiger partial charge >= 0.3 is 5.97 Å². The number of aliphatic hydroxyl groups is 1. The van der Waals surface area contributed by atoms with Gasteiger partial charge in [-0.05, 0) is 46.5 Å². The van der Waals surface area contributed by atoms with Gasteiger partial charge in [0, 0.05) is 5.92 Å². The number of imide groups is 1. The third-order valence-electron chi connectivity index (χ3n) is 7.42. The maximum absolute atomic E-state index is 13.8. The number of benzene rings is 3. The molecule has 1 aliphatic heterocycles. The number of amides is 2. The number of rotatable bonds is 3. The van der Waals surface area contributed by atoms with Crippen molar-refractivity contribution >= 4 is 23.5 Å². The quantitative estimate of drug-likeness (QED) is 0.630. The zero-order valence-corrected chi connectivity index (χ0v) is 16.9. The van der Waals surface area contributed by atoms with Crippen LogP contribution in [0.1, 0.15) is 38.5 Å². The molecule has 0 saturated carbocycles. The number of carbonyl (C=O) groups excluding carboxylic acids is 2. The Bertz CT molecular complexity index is 1260. The van der Waals surface area contributed by atoms with Crippen LogP contribution >= 0.6 is 0 Å². The number of hydrogen-bond donors (Lipinski definition) is 2. The lowest BCUT2D eigenvalue weighted by Gasteiger charge is -2.53. The first-order chi connectivity index (χ1) is 15.5. The van der Waals surface area contributed by atoms with E-state index in [2.05, 4.69) is 0 Å². The topological polar surface area (TPSA) is 94.9 Å². The van der Waals surface area contributed by atoms with Crippen LogP contribution in [0.4, 0.5) is 5.69 Å². The molecule has 32 heavy (non-hydrogen) atoms. The molecule has 158 valence electrons. The zero-order chi connectivity index (χ0) is 22.2. The molecule has 2 N–H and O–H groups in total. The van der Waals surface area contributed by atoms with Gasteiger partial charge in [0.15, 0.2) is 0 Å². The number of carboxylic acid groups (broad SMARTS) is 1. The molecule has 0 spiro atoms. The van der Waals surface area contributed by atoms with E-state index in [4.69, 9.17) is 0 Å². The van der Waals surface area contributed by atoms with Crippen LogP contribution in [0.25, 0.3) is 0 Å². The maximum Gasteiger partial charge on any atom is 0.335 e. The van der Waals surface area contributed by atoms with Gasteiger partial charge in [-0.25, -0.2) is 9.69 Å². The lowest BCUT2D eigenvalue weighted by molar-refractivity contribution is -0.124. The van der Waals surface area contributed by atoms with Crippen molar-refractivity contribution in [3.63, 3.8) is 0 Å². The van der Waals surface area contributed by atoms with Gasteiger partial charge in [-0.3, -0.25) is 9.59 Å². The van der Waals surface area contributed by atoms with E-state index in [1.165, 1.54) is 29.2 Å². The fraction of sp³-hybridized carbons (Fsp3) is 0.192. The summed E-state index contributed by atoms with van der Waals surface area (Å²) in [6, 6.07) is 21.3. The summed E-state index contributed by atoms with van der Waals surface area (Å²) in [5, 5.41) is 20.0. The molecular formula is C26H19NO5.